The zero-order valence-electron chi connectivity index (χ0n) is 7.66. The summed E-state index contributed by atoms with van der Waals surface area (Å²) in [6.07, 6.45) is 2.88. The highest BCUT2D eigenvalue weighted by Crippen LogP contribution is 2.11. The fraction of sp³-hybridized carbons (Fsp3) is 0.333. The van der Waals surface area contributed by atoms with E-state index in [4.69, 9.17) is 14.9 Å². The van der Waals surface area contributed by atoms with Crippen molar-refractivity contribution in [1.82, 2.24) is 30.8 Å². The first-order valence-corrected chi connectivity index (χ1v) is 3.98. The van der Waals surface area contributed by atoms with E-state index in [1.165, 1.54) is 12.4 Å². The van der Waals surface area contributed by atoms with E-state index < -0.39 is 0 Å². The van der Waals surface area contributed by atoms with E-state index in [1.807, 2.05) is 0 Å². The predicted octanol–water partition coefficient (Wildman–Crippen LogP) is -1.31. The number of aliphatic hydroxyl groups is 2. The molecule has 0 fully saturated rings. The highest BCUT2D eigenvalue weighted by molar-refractivity contribution is 5.09. The number of aromatic amines is 2. The van der Waals surface area contributed by atoms with Crippen molar-refractivity contribution in [2.45, 2.75) is 0 Å². The van der Waals surface area contributed by atoms with Crippen LogP contribution in [0.5, 0.6) is 11.8 Å². The average molecular weight is 214 g/mol. The number of H-pyrrole nitrogens is 2. The van der Waals surface area contributed by atoms with Gasteiger partial charge in [0.1, 0.15) is 12.4 Å². The number of hydrogen-bond acceptors (Lipinski definition) is 7. The maximum atomic E-state index is 7.62. The quantitative estimate of drug-likeness (QED) is 0.498. The molecule has 2 aromatic heterocycles. The largest absolute Gasteiger partial charge is 0.414 e. The molecule has 2 heterocycles. The molecular formula is C6H10N6O3. The van der Waals surface area contributed by atoms with Crippen molar-refractivity contribution in [3.63, 3.8) is 0 Å². The summed E-state index contributed by atoms with van der Waals surface area (Å²) in [6.45, 7) is -0.250. The SMILES string of the molecule is OCCO.c1n[nH]nc1Oc1cn[nH]n1. The van der Waals surface area contributed by atoms with Gasteiger partial charge in [-0.3, -0.25) is 0 Å². The first-order valence-electron chi connectivity index (χ1n) is 3.98. The van der Waals surface area contributed by atoms with Gasteiger partial charge in [0.05, 0.1) is 13.2 Å². The Bertz CT molecular complexity index is 299. The lowest BCUT2D eigenvalue weighted by Gasteiger charge is -1.90. The molecule has 4 N–H and O–H groups in total. The Labute approximate surface area is 84.1 Å². The molecule has 2 aromatic rings. The van der Waals surface area contributed by atoms with Crippen LogP contribution in [0.15, 0.2) is 12.4 Å². The number of nitrogens with zero attached hydrogens (tertiary/aromatic N) is 4. The van der Waals surface area contributed by atoms with E-state index >= 15 is 0 Å². The highest BCUT2D eigenvalue weighted by Gasteiger charge is 1.99. The van der Waals surface area contributed by atoms with Crippen LogP contribution in [0.4, 0.5) is 0 Å². The molecule has 2 rings (SSSR count). The van der Waals surface area contributed by atoms with Crippen molar-refractivity contribution in [2.75, 3.05) is 13.2 Å². The number of rotatable bonds is 3. The predicted molar refractivity (Wildman–Crippen MR) is 47.0 cm³/mol. The summed E-state index contributed by atoms with van der Waals surface area (Å²) in [5.41, 5.74) is 0. The van der Waals surface area contributed by atoms with Gasteiger partial charge in [0.15, 0.2) is 0 Å². The molecule has 9 nitrogen and oxygen atoms in total. The van der Waals surface area contributed by atoms with Gasteiger partial charge < -0.3 is 14.9 Å². The van der Waals surface area contributed by atoms with Crippen LogP contribution >= 0.6 is 0 Å². The van der Waals surface area contributed by atoms with Crippen LogP contribution in [0.2, 0.25) is 0 Å². The third-order valence-electron chi connectivity index (χ3n) is 1.09. The molecule has 0 saturated carbocycles. The molecule has 15 heavy (non-hydrogen) atoms. The average Bonchev–Trinajstić information content (AvgIpc) is 2.92. The zero-order valence-corrected chi connectivity index (χ0v) is 7.66. The molecule has 0 saturated heterocycles. The summed E-state index contributed by atoms with van der Waals surface area (Å²) in [6, 6.07) is 0. The van der Waals surface area contributed by atoms with Crippen molar-refractivity contribution < 1.29 is 14.9 Å². The molecule has 0 bridgehead atoms. The minimum Gasteiger partial charge on any atom is -0.414 e. The van der Waals surface area contributed by atoms with Crippen molar-refractivity contribution in [2.24, 2.45) is 0 Å². The molecule has 9 heteroatoms. The van der Waals surface area contributed by atoms with Gasteiger partial charge in [-0.1, -0.05) is 0 Å². The minimum atomic E-state index is -0.125. The fourth-order valence-electron chi connectivity index (χ4n) is 0.588. The third-order valence-corrected chi connectivity index (χ3v) is 1.09. The number of ether oxygens (including phenoxy) is 1. The van der Waals surface area contributed by atoms with Crippen LogP contribution in [0.25, 0.3) is 0 Å². The van der Waals surface area contributed by atoms with Crippen molar-refractivity contribution in [1.29, 1.82) is 0 Å². The number of aliphatic hydroxyl groups excluding tert-OH is 2. The first-order chi connectivity index (χ1) is 7.36. The monoisotopic (exact) mass is 214 g/mol. The molecule has 0 aliphatic heterocycles. The van der Waals surface area contributed by atoms with E-state index in [9.17, 15) is 0 Å². The molecule has 0 aromatic carbocycles. The summed E-state index contributed by atoms with van der Waals surface area (Å²) in [5.74, 6) is 0.720. The molecule has 82 valence electrons. The highest BCUT2D eigenvalue weighted by atomic mass is 16.5. The van der Waals surface area contributed by atoms with Crippen LogP contribution < -0.4 is 4.74 Å². The van der Waals surface area contributed by atoms with E-state index in [0.29, 0.717) is 11.8 Å². The molecule has 0 atom stereocenters. The Kier molecular flexibility index (Phi) is 4.77. The summed E-state index contributed by atoms with van der Waals surface area (Å²) < 4.78 is 5.05. The second kappa shape index (κ2) is 6.45. The van der Waals surface area contributed by atoms with E-state index in [2.05, 4.69) is 30.8 Å². The second-order valence-corrected chi connectivity index (χ2v) is 2.17. The van der Waals surface area contributed by atoms with E-state index in [1.54, 1.807) is 0 Å². The lowest BCUT2D eigenvalue weighted by atomic mass is 10.8. The van der Waals surface area contributed by atoms with Gasteiger partial charge in [-0.2, -0.15) is 20.6 Å². The van der Waals surface area contributed by atoms with Crippen LogP contribution in [0, 0.1) is 0 Å². The van der Waals surface area contributed by atoms with Gasteiger partial charge in [0.2, 0.25) is 0 Å². The molecule has 0 unspecified atom stereocenters. The molecule has 0 spiro atoms. The van der Waals surface area contributed by atoms with Crippen LogP contribution in [0.1, 0.15) is 0 Å². The summed E-state index contributed by atoms with van der Waals surface area (Å²) >= 11 is 0. The van der Waals surface area contributed by atoms with E-state index in [0.717, 1.165) is 0 Å². The van der Waals surface area contributed by atoms with Crippen molar-refractivity contribution in [3.05, 3.63) is 12.4 Å². The molecule has 0 radical (unpaired) electrons. The fourth-order valence-corrected chi connectivity index (χ4v) is 0.588. The Hall–Kier alpha value is -2.00. The molecule has 0 aliphatic carbocycles. The summed E-state index contributed by atoms with van der Waals surface area (Å²) in [7, 11) is 0. The zero-order chi connectivity index (χ0) is 10.9. The smallest absolute Gasteiger partial charge is 0.260 e. The van der Waals surface area contributed by atoms with Crippen molar-refractivity contribution >= 4 is 0 Å². The van der Waals surface area contributed by atoms with E-state index in [-0.39, 0.29) is 13.2 Å². The molecular weight excluding hydrogens is 204 g/mol. The van der Waals surface area contributed by atoms with Gasteiger partial charge in [0.25, 0.3) is 11.8 Å². The topological polar surface area (TPSA) is 133 Å². The number of aromatic nitrogens is 6. The summed E-state index contributed by atoms with van der Waals surface area (Å²) in [4.78, 5) is 0. The summed E-state index contributed by atoms with van der Waals surface area (Å²) in [5, 5.41) is 34.4. The first kappa shape index (κ1) is 11.1. The van der Waals surface area contributed by atoms with Crippen molar-refractivity contribution in [3.8, 4) is 11.8 Å². The Balaban J connectivity index is 0.000000245. The lowest BCUT2D eigenvalue weighted by molar-refractivity contribution is 0.186. The maximum Gasteiger partial charge on any atom is 0.260 e. The maximum absolute atomic E-state index is 7.62. The molecule has 0 aliphatic rings. The van der Waals surface area contributed by atoms with Crippen LogP contribution in [-0.2, 0) is 0 Å². The normalized spacial score (nSPS) is 9.20. The van der Waals surface area contributed by atoms with Crippen LogP contribution in [-0.4, -0.2) is 54.2 Å². The third kappa shape index (κ3) is 4.15. The van der Waals surface area contributed by atoms with Gasteiger partial charge in [-0.05, 0) is 0 Å². The van der Waals surface area contributed by atoms with Crippen LogP contribution in [0.3, 0.4) is 0 Å². The Morgan fingerprint density at radius 2 is 1.47 bits per heavy atom. The van der Waals surface area contributed by atoms with Gasteiger partial charge in [0, 0.05) is 0 Å². The van der Waals surface area contributed by atoms with Gasteiger partial charge >= 0.3 is 0 Å². The standard InChI is InChI=1S/C4H4N6O.C2H6O2/c1-3(7-9-5-1)11-4-2-6-10-8-4;3-1-2-4/h1-2H,(H,5,7,9)(H,6,8,10);3-4H,1-2H2. The Morgan fingerprint density at radius 1 is 1.00 bits per heavy atom. The molecule has 0 amide bonds. The Morgan fingerprint density at radius 3 is 1.73 bits per heavy atom. The number of nitrogens with one attached hydrogen (secondary N) is 2. The lowest BCUT2D eigenvalue weighted by Crippen LogP contribution is -1.85. The minimum absolute atomic E-state index is 0.125. The van der Waals surface area contributed by atoms with Gasteiger partial charge in [-0.25, -0.2) is 0 Å². The second-order valence-electron chi connectivity index (χ2n) is 2.17. The van der Waals surface area contributed by atoms with Gasteiger partial charge in [-0.15, -0.1) is 10.2 Å². The number of hydrogen-bond donors (Lipinski definition) is 4.